The summed E-state index contributed by atoms with van der Waals surface area (Å²) in [5.41, 5.74) is 5.08. The number of benzene rings is 1. The van der Waals surface area contributed by atoms with E-state index in [-0.39, 0.29) is 11.8 Å². The molecule has 4 heterocycles. The fraction of sp³-hybridized carbons (Fsp3) is 0.556. The molecule has 0 spiro atoms. The predicted molar refractivity (Wildman–Crippen MR) is 141 cm³/mol. The molecular formula is C27H37N7O2. The third-order valence-electron chi connectivity index (χ3n) is 7.48. The zero-order valence-electron chi connectivity index (χ0n) is 21.7. The van der Waals surface area contributed by atoms with E-state index >= 15 is 0 Å². The van der Waals surface area contributed by atoms with E-state index in [2.05, 4.69) is 63.4 Å². The van der Waals surface area contributed by atoms with Gasteiger partial charge in [-0.05, 0) is 58.7 Å². The van der Waals surface area contributed by atoms with Crippen molar-refractivity contribution in [2.75, 3.05) is 57.4 Å². The van der Waals surface area contributed by atoms with Crippen molar-refractivity contribution in [3.05, 3.63) is 41.2 Å². The van der Waals surface area contributed by atoms with Gasteiger partial charge in [0, 0.05) is 38.6 Å². The highest BCUT2D eigenvalue weighted by Crippen LogP contribution is 2.31. The number of ether oxygens (including phenoxy) is 1. The van der Waals surface area contributed by atoms with Crippen LogP contribution in [0.25, 0.3) is 16.6 Å². The topological polar surface area (TPSA) is 88.4 Å². The van der Waals surface area contributed by atoms with Crippen molar-refractivity contribution < 1.29 is 9.53 Å². The van der Waals surface area contributed by atoms with Crippen molar-refractivity contribution in [3.8, 4) is 5.69 Å². The standard InChI is InChI=1S/C27H37N7O2/c1-19-5-7-23(8-6-19)34-21(3)24-20(2)29-30-26(25(24)31-34)33-13-9-22(10-14-33)27(35)28-11-4-12-32-15-17-36-18-16-32/h5-8,22H,4,9-18H2,1-3H3,(H,28,35). The largest absolute Gasteiger partial charge is 0.379 e. The van der Waals surface area contributed by atoms with Crippen LogP contribution in [0.5, 0.6) is 0 Å². The maximum absolute atomic E-state index is 12.8. The molecule has 0 saturated carbocycles. The number of morpholine rings is 1. The van der Waals surface area contributed by atoms with Gasteiger partial charge in [0.15, 0.2) is 5.82 Å². The van der Waals surface area contributed by atoms with Crippen LogP contribution in [0.4, 0.5) is 5.82 Å². The van der Waals surface area contributed by atoms with Gasteiger partial charge in [0.25, 0.3) is 0 Å². The summed E-state index contributed by atoms with van der Waals surface area (Å²) in [4.78, 5) is 17.4. The van der Waals surface area contributed by atoms with Gasteiger partial charge in [0.1, 0.15) is 5.52 Å². The quantitative estimate of drug-likeness (QED) is 0.509. The molecule has 5 rings (SSSR count). The molecule has 2 fully saturated rings. The average molecular weight is 492 g/mol. The Labute approximate surface area is 212 Å². The van der Waals surface area contributed by atoms with Crippen LogP contribution >= 0.6 is 0 Å². The van der Waals surface area contributed by atoms with E-state index in [4.69, 9.17) is 9.84 Å². The molecule has 2 aliphatic heterocycles. The number of carbonyl (C=O) groups excluding carboxylic acids is 1. The Hall–Kier alpha value is -3.04. The van der Waals surface area contributed by atoms with E-state index in [1.54, 1.807) is 0 Å². The number of nitrogens with one attached hydrogen (secondary N) is 1. The lowest BCUT2D eigenvalue weighted by molar-refractivity contribution is -0.125. The monoisotopic (exact) mass is 491 g/mol. The lowest BCUT2D eigenvalue weighted by Gasteiger charge is -2.32. The van der Waals surface area contributed by atoms with Crippen LogP contribution in [0.3, 0.4) is 0 Å². The number of carbonyl (C=O) groups is 1. The second-order valence-electron chi connectivity index (χ2n) is 10.0. The third-order valence-corrected chi connectivity index (χ3v) is 7.48. The van der Waals surface area contributed by atoms with E-state index in [9.17, 15) is 4.79 Å². The third kappa shape index (κ3) is 5.22. The van der Waals surface area contributed by atoms with Crippen molar-refractivity contribution in [2.24, 2.45) is 5.92 Å². The molecule has 1 N–H and O–H groups in total. The highest BCUT2D eigenvalue weighted by molar-refractivity contribution is 5.92. The van der Waals surface area contributed by atoms with Crippen LogP contribution in [0.2, 0.25) is 0 Å². The minimum absolute atomic E-state index is 0.0467. The molecule has 2 aliphatic rings. The Morgan fingerprint density at radius 3 is 2.47 bits per heavy atom. The number of nitrogens with zero attached hydrogens (tertiary/aromatic N) is 6. The summed E-state index contributed by atoms with van der Waals surface area (Å²) in [6.07, 6.45) is 2.60. The van der Waals surface area contributed by atoms with Crippen molar-refractivity contribution in [3.63, 3.8) is 0 Å². The number of anilines is 1. The molecule has 1 aromatic carbocycles. The first-order valence-electron chi connectivity index (χ1n) is 13.1. The van der Waals surface area contributed by atoms with E-state index in [0.29, 0.717) is 0 Å². The molecule has 0 atom stereocenters. The van der Waals surface area contributed by atoms with Gasteiger partial charge in [-0.1, -0.05) is 17.7 Å². The maximum atomic E-state index is 12.8. The second kappa shape index (κ2) is 10.9. The maximum Gasteiger partial charge on any atom is 0.223 e. The fourth-order valence-electron chi connectivity index (χ4n) is 5.30. The van der Waals surface area contributed by atoms with Crippen molar-refractivity contribution in [1.29, 1.82) is 0 Å². The fourth-order valence-corrected chi connectivity index (χ4v) is 5.30. The Bertz CT molecular complexity index is 1190. The van der Waals surface area contributed by atoms with Crippen LogP contribution in [0.1, 0.15) is 36.2 Å². The van der Waals surface area contributed by atoms with Crippen LogP contribution in [-0.4, -0.2) is 83.3 Å². The minimum Gasteiger partial charge on any atom is -0.379 e. The summed E-state index contributed by atoms with van der Waals surface area (Å²) in [7, 11) is 0. The number of aromatic nitrogens is 4. The number of piperidine rings is 1. The first-order chi connectivity index (χ1) is 17.5. The first-order valence-corrected chi connectivity index (χ1v) is 13.1. The summed E-state index contributed by atoms with van der Waals surface area (Å²) >= 11 is 0. The second-order valence-corrected chi connectivity index (χ2v) is 10.0. The molecule has 192 valence electrons. The van der Waals surface area contributed by atoms with Crippen LogP contribution in [0, 0.1) is 26.7 Å². The number of aryl methyl sites for hydroxylation is 3. The minimum atomic E-state index is 0.0467. The van der Waals surface area contributed by atoms with Gasteiger partial charge in [0.05, 0.1) is 35.7 Å². The highest BCUT2D eigenvalue weighted by atomic mass is 16.5. The number of rotatable bonds is 7. The summed E-state index contributed by atoms with van der Waals surface area (Å²) < 4.78 is 7.38. The molecule has 2 aromatic heterocycles. The van der Waals surface area contributed by atoms with Crippen molar-refractivity contribution in [1.82, 2.24) is 30.2 Å². The van der Waals surface area contributed by atoms with Crippen molar-refractivity contribution in [2.45, 2.75) is 40.0 Å². The van der Waals surface area contributed by atoms with Gasteiger partial charge in [-0.15, -0.1) is 5.10 Å². The SMILES string of the molecule is Cc1ccc(-n2nc3c(N4CCC(C(=O)NCCCN5CCOCC5)CC4)nnc(C)c3c2C)cc1. The number of amides is 1. The van der Waals surface area contributed by atoms with E-state index in [1.807, 2.05) is 11.6 Å². The molecule has 1 amide bonds. The molecule has 9 nitrogen and oxygen atoms in total. The van der Waals surface area contributed by atoms with Crippen LogP contribution < -0.4 is 10.2 Å². The van der Waals surface area contributed by atoms with Crippen LogP contribution in [0.15, 0.2) is 24.3 Å². The summed E-state index contributed by atoms with van der Waals surface area (Å²) in [6, 6.07) is 8.39. The van der Waals surface area contributed by atoms with E-state index < -0.39 is 0 Å². The molecule has 0 bridgehead atoms. The lowest BCUT2D eigenvalue weighted by atomic mass is 9.95. The molecule has 0 unspecified atom stereocenters. The molecule has 2 saturated heterocycles. The predicted octanol–water partition coefficient (Wildman–Crippen LogP) is 2.80. The van der Waals surface area contributed by atoms with Gasteiger partial charge < -0.3 is 15.0 Å². The Morgan fingerprint density at radius 1 is 1.03 bits per heavy atom. The van der Waals surface area contributed by atoms with Crippen molar-refractivity contribution >= 4 is 22.6 Å². The lowest BCUT2D eigenvalue weighted by Crippen LogP contribution is -2.42. The van der Waals surface area contributed by atoms with Crippen LogP contribution in [-0.2, 0) is 9.53 Å². The summed E-state index contributed by atoms with van der Waals surface area (Å²) in [5, 5.41) is 18.2. The van der Waals surface area contributed by atoms with Gasteiger partial charge in [0.2, 0.25) is 5.91 Å². The molecule has 0 radical (unpaired) electrons. The van der Waals surface area contributed by atoms with Gasteiger partial charge in [-0.2, -0.15) is 10.2 Å². The van der Waals surface area contributed by atoms with Gasteiger partial charge >= 0.3 is 0 Å². The Morgan fingerprint density at radius 2 is 1.75 bits per heavy atom. The normalized spacial score (nSPS) is 17.6. The molecule has 9 heteroatoms. The van der Waals surface area contributed by atoms with E-state index in [0.717, 1.165) is 106 Å². The molecule has 36 heavy (non-hydrogen) atoms. The Kier molecular flexibility index (Phi) is 7.48. The van der Waals surface area contributed by atoms with E-state index in [1.165, 1.54) is 5.56 Å². The van der Waals surface area contributed by atoms with Gasteiger partial charge in [-0.25, -0.2) is 4.68 Å². The molecular weight excluding hydrogens is 454 g/mol. The molecule has 0 aliphatic carbocycles. The number of hydrogen-bond donors (Lipinski definition) is 1. The number of hydrogen-bond acceptors (Lipinski definition) is 7. The summed E-state index contributed by atoms with van der Waals surface area (Å²) in [6.45, 7) is 13.1. The zero-order chi connectivity index (χ0) is 25.1. The average Bonchev–Trinajstić information content (AvgIpc) is 3.26. The van der Waals surface area contributed by atoms with Gasteiger partial charge in [-0.3, -0.25) is 9.69 Å². The number of fused-ring (bicyclic) bond motifs is 1. The zero-order valence-corrected chi connectivity index (χ0v) is 21.7. The molecule has 3 aromatic rings. The Balaban J connectivity index is 1.21. The first kappa shape index (κ1) is 24.6. The smallest absolute Gasteiger partial charge is 0.223 e. The highest BCUT2D eigenvalue weighted by Gasteiger charge is 2.28. The summed E-state index contributed by atoms with van der Waals surface area (Å²) in [5.74, 6) is 1.04.